The van der Waals surface area contributed by atoms with E-state index in [0.717, 1.165) is 17.0 Å². The third-order valence-electron chi connectivity index (χ3n) is 3.44. The van der Waals surface area contributed by atoms with Crippen molar-refractivity contribution in [3.05, 3.63) is 35.4 Å². The Morgan fingerprint density at radius 2 is 1.59 bits per heavy atom. The van der Waals surface area contributed by atoms with Gasteiger partial charge in [-0.1, -0.05) is 6.07 Å². The molecule has 1 aliphatic heterocycles. The Kier molecular flexibility index (Phi) is 4.69. The Balaban J connectivity index is 1.91. The van der Waals surface area contributed by atoms with Crippen LogP contribution in [0.1, 0.15) is 5.56 Å². The minimum atomic E-state index is -1.53. The Morgan fingerprint density at radius 1 is 1.00 bits per heavy atom. The second-order valence-corrected chi connectivity index (χ2v) is 4.90. The van der Waals surface area contributed by atoms with E-state index in [4.69, 9.17) is 5.11 Å². The first-order valence-corrected chi connectivity index (χ1v) is 6.62. The van der Waals surface area contributed by atoms with Crippen molar-refractivity contribution in [1.82, 2.24) is 9.80 Å². The molecule has 1 saturated heterocycles. The first-order valence-electron chi connectivity index (χ1n) is 6.62. The summed E-state index contributed by atoms with van der Waals surface area (Å²) in [5.41, 5.74) is 0.355. The van der Waals surface area contributed by atoms with Gasteiger partial charge in [0, 0.05) is 26.2 Å². The molecule has 0 bridgehead atoms. The largest absolute Gasteiger partial charge is 0.474 e. The summed E-state index contributed by atoms with van der Waals surface area (Å²) < 4.78 is 25.9. The Bertz CT molecular complexity index is 613. The number of aliphatic carboxylic acids is 1. The zero-order valence-corrected chi connectivity index (χ0v) is 11.6. The molecule has 2 amide bonds. The number of hydrogen-bond acceptors (Lipinski definition) is 3. The van der Waals surface area contributed by atoms with Crippen molar-refractivity contribution in [3.8, 4) is 0 Å². The van der Waals surface area contributed by atoms with E-state index >= 15 is 0 Å². The van der Waals surface area contributed by atoms with Crippen LogP contribution in [0.3, 0.4) is 0 Å². The average molecular weight is 312 g/mol. The van der Waals surface area contributed by atoms with Crippen molar-refractivity contribution < 1.29 is 28.3 Å². The zero-order valence-electron chi connectivity index (χ0n) is 11.6. The maximum Gasteiger partial charge on any atom is 0.394 e. The molecule has 1 aromatic rings. The second kappa shape index (κ2) is 6.50. The highest BCUT2D eigenvalue weighted by atomic mass is 19.2. The molecule has 0 atom stereocenters. The van der Waals surface area contributed by atoms with Crippen molar-refractivity contribution in [2.45, 2.75) is 6.42 Å². The van der Waals surface area contributed by atoms with Crippen LogP contribution >= 0.6 is 0 Å². The smallest absolute Gasteiger partial charge is 0.394 e. The summed E-state index contributed by atoms with van der Waals surface area (Å²) >= 11 is 0. The number of halogens is 2. The van der Waals surface area contributed by atoms with E-state index < -0.39 is 23.5 Å². The van der Waals surface area contributed by atoms with E-state index in [9.17, 15) is 23.2 Å². The van der Waals surface area contributed by atoms with Gasteiger partial charge in [0.25, 0.3) is 0 Å². The number of carbonyl (C=O) groups is 3. The summed E-state index contributed by atoms with van der Waals surface area (Å²) in [7, 11) is 0. The van der Waals surface area contributed by atoms with E-state index in [1.807, 2.05) is 0 Å². The van der Waals surface area contributed by atoms with Crippen molar-refractivity contribution in [1.29, 1.82) is 0 Å². The average Bonchev–Trinajstić information content (AvgIpc) is 2.50. The maximum atomic E-state index is 13.1. The van der Waals surface area contributed by atoms with Gasteiger partial charge in [0.05, 0.1) is 6.42 Å². The van der Waals surface area contributed by atoms with Crippen molar-refractivity contribution >= 4 is 17.8 Å². The van der Waals surface area contributed by atoms with Crippen LogP contribution in [0.2, 0.25) is 0 Å². The molecule has 8 heteroatoms. The highest BCUT2D eigenvalue weighted by Gasteiger charge is 2.27. The third kappa shape index (κ3) is 3.57. The maximum absolute atomic E-state index is 13.1. The molecule has 2 rings (SSSR count). The highest BCUT2D eigenvalue weighted by Crippen LogP contribution is 2.11. The number of benzene rings is 1. The first kappa shape index (κ1) is 15.9. The van der Waals surface area contributed by atoms with Gasteiger partial charge in [0.1, 0.15) is 0 Å². The minimum absolute atomic E-state index is 0.0793. The van der Waals surface area contributed by atoms with E-state index in [1.54, 1.807) is 0 Å². The van der Waals surface area contributed by atoms with Gasteiger partial charge in [-0.15, -0.1) is 0 Å². The minimum Gasteiger partial charge on any atom is -0.474 e. The molecule has 118 valence electrons. The van der Waals surface area contributed by atoms with Crippen LogP contribution in [0.4, 0.5) is 8.78 Å². The lowest BCUT2D eigenvalue weighted by atomic mass is 10.1. The topological polar surface area (TPSA) is 77.9 Å². The fourth-order valence-electron chi connectivity index (χ4n) is 2.23. The van der Waals surface area contributed by atoms with Crippen LogP contribution in [0.25, 0.3) is 0 Å². The molecule has 1 aromatic carbocycles. The number of carboxylic acid groups (broad SMARTS) is 1. The van der Waals surface area contributed by atoms with Gasteiger partial charge in [-0.3, -0.25) is 9.59 Å². The van der Waals surface area contributed by atoms with Gasteiger partial charge in [0.2, 0.25) is 5.91 Å². The molecule has 0 unspecified atom stereocenters. The van der Waals surface area contributed by atoms with E-state index in [-0.39, 0.29) is 38.5 Å². The zero-order chi connectivity index (χ0) is 16.3. The fourth-order valence-corrected chi connectivity index (χ4v) is 2.23. The van der Waals surface area contributed by atoms with Crippen LogP contribution in [-0.2, 0) is 20.8 Å². The van der Waals surface area contributed by atoms with E-state index in [0.29, 0.717) is 5.56 Å². The van der Waals surface area contributed by atoms with E-state index in [2.05, 4.69) is 0 Å². The van der Waals surface area contributed by atoms with E-state index in [1.165, 1.54) is 11.0 Å². The molecule has 1 N–H and O–H groups in total. The van der Waals surface area contributed by atoms with Gasteiger partial charge in [0.15, 0.2) is 11.6 Å². The molecule has 0 saturated carbocycles. The summed E-state index contributed by atoms with van der Waals surface area (Å²) in [6, 6.07) is 3.26. The summed E-state index contributed by atoms with van der Waals surface area (Å²) in [6.45, 7) is 0.687. The molecule has 0 aromatic heterocycles. The molecule has 22 heavy (non-hydrogen) atoms. The third-order valence-corrected chi connectivity index (χ3v) is 3.44. The highest BCUT2D eigenvalue weighted by molar-refractivity contribution is 6.31. The molecular weight excluding hydrogens is 298 g/mol. The van der Waals surface area contributed by atoms with Crippen LogP contribution < -0.4 is 0 Å². The normalized spacial score (nSPS) is 14.8. The molecule has 1 fully saturated rings. The predicted molar refractivity (Wildman–Crippen MR) is 70.9 cm³/mol. The Labute approximate surface area is 124 Å². The quantitative estimate of drug-likeness (QED) is 0.795. The second-order valence-electron chi connectivity index (χ2n) is 4.90. The number of piperazine rings is 1. The van der Waals surface area contributed by atoms with Crippen molar-refractivity contribution in [3.63, 3.8) is 0 Å². The fraction of sp³-hybridized carbons (Fsp3) is 0.357. The first-order chi connectivity index (χ1) is 10.4. The van der Waals surface area contributed by atoms with Gasteiger partial charge < -0.3 is 14.9 Å². The SMILES string of the molecule is O=C(O)C(=O)N1CCN(C(=O)Cc2ccc(F)c(F)c2)CC1. The molecule has 0 spiro atoms. The van der Waals surface area contributed by atoms with Gasteiger partial charge in [-0.05, 0) is 17.7 Å². The summed E-state index contributed by atoms with van der Waals surface area (Å²) in [4.78, 5) is 36.5. The predicted octanol–water partition coefficient (Wildman–Crippen LogP) is 0.263. The monoisotopic (exact) mass is 312 g/mol. The lowest BCUT2D eigenvalue weighted by Gasteiger charge is -2.34. The van der Waals surface area contributed by atoms with Gasteiger partial charge in [-0.2, -0.15) is 0 Å². The Hall–Kier alpha value is -2.51. The molecule has 0 radical (unpaired) electrons. The van der Waals surface area contributed by atoms with Crippen molar-refractivity contribution in [2.75, 3.05) is 26.2 Å². The lowest BCUT2D eigenvalue weighted by molar-refractivity contribution is -0.157. The molecule has 6 nitrogen and oxygen atoms in total. The summed E-state index contributed by atoms with van der Waals surface area (Å²) in [6.07, 6.45) is -0.0793. The summed E-state index contributed by atoms with van der Waals surface area (Å²) in [5.74, 6) is -4.79. The molecule has 0 aliphatic carbocycles. The molecule has 1 aliphatic rings. The standard InChI is InChI=1S/C14H14F2N2O4/c15-10-2-1-9(7-11(10)16)8-12(19)17-3-5-18(6-4-17)13(20)14(21)22/h1-2,7H,3-6,8H2,(H,21,22). The number of carboxylic acids is 1. The van der Waals surface area contributed by atoms with Crippen LogP contribution in [0.15, 0.2) is 18.2 Å². The van der Waals surface area contributed by atoms with Crippen LogP contribution in [0.5, 0.6) is 0 Å². The number of rotatable bonds is 2. The number of amides is 2. The Morgan fingerprint density at radius 3 is 2.14 bits per heavy atom. The van der Waals surface area contributed by atoms with Gasteiger partial charge >= 0.3 is 11.9 Å². The van der Waals surface area contributed by atoms with Crippen LogP contribution in [0, 0.1) is 11.6 Å². The number of nitrogens with zero attached hydrogens (tertiary/aromatic N) is 2. The van der Waals surface area contributed by atoms with Crippen molar-refractivity contribution in [2.24, 2.45) is 0 Å². The lowest BCUT2D eigenvalue weighted by Crippen LogP contribution is -2.52. The molecule has 1 heterocycles. The number of carbonyl (C=O) groups excluding carboxylic acids is 2. The van der Waals surface area contributed by atoms with Crippen LogP contribution in [-0.4, -0.2) is 58.9 Å². The van der Waals surface area contributed by atoms with Gasteiger partial charge in [-0.25, -0.2) is 13.6 Å². The number of hydrogen-bond donors (Lipinski definition) is 1. The molecular formula is C14H14F2N2O4. The summed E-state index contributed by atoms with van der Waals surface area (Å²) in [5, 5.41) is 8.61.